The van der Waals surface area contributed by atoms with Crippen LogP contribution in [0.4, 0.5) is 11.4 Å². The second kappa shape index (κ2) is 8.92. The quantitative estimate of drug-likeness (QED) is 0.473. The molecule has 2 heterocycles. The summed E-state index contributed by atoms with van der Waals surface area (Å²) in [5, 5.41) is 7.81. The van der Waals surface area contributed by atoms with Gasteiger partial charge in [-0.15, -0.1) is 0 Å². The number of nitrogens with zero attached hydrogens (tertiary/aromatic N) is 3. The number of hydrogen-bond acceptors (Lipinski definition) is 3. The zero-order valence-electron chi connectivity index (χ0n) is 17.7. The average molecular weight is 457 g/mol. The van der Waals surface area contributed by atoms with Crippen LogP contribution >= 0.6 is 11.6 Å². The highest BCUT2D eigenvalue weighted by molar-refractivity contribution is 6.31. The molecule has 0 saturated heterocycles. The molecule has 0 saturated carbocycles. The number of fused-ring (bicyclic) bond motifs is 2. The Morgan fingerprint density at radius 3 is 2.48 bits per heavy atom. The van der Waals surface area contributed by atoms with Crippen molar-refractivity contribution in [1.29, 1.82) is 0 Å². The van der Waals surface area contributed by atoms with E-state index in [-0.39, 0.29) is 18.2 Å². The minimum atomic E-state index is -0.170. The molecule has 164 valence electrons. The Morgan fingerprint density at radius 2 is 1.67 bits per heavy atom. The van der Waals surface area contributed by atoms with Crippen LogP contribution in [-0.2, 0) is 24.3 Å². The maximum absolute atomic E-state index is 13.5. The van der Waals surface area contributed by atoms with Crippen LogP contribution in [0, 0.1) is 0 Å². The molecule has 1 N–H and O–H groups in total. The summed E-state index contributed by atoms with van der Waals surface area (Å²) in [5.41, 5.74) is 4.83. The van der Waals surface area contributed by atoms with Gasteiger partial charge in [-0.1, -0.05) is 48.0 Å². The zero-order chi connectivity index (χ0) is 22.8. The van der Waals surface area contributed by atoms with Gasteiger partial charge >= 0.3 is 0 Å². The summed E-state index contributed by atoms with van der Waals surface area (Å²) < 4.78 is 1.92. The lowest BCUT2D eigenvalue weighted by molar-refractivity contribution is -0.115. The van der Waals surface area contributed by atoms with Gasteiger partial charge in [-0.2, -0.15) is 5.10 Å². The fourth-order valence-electron chi connectivity index (χ4n) is 4.01. The third-order valence-corrected chi connectivity index (χ3v) is 6.07. The van der Waals surface area contributed by atoms with Gasteiger partial charge < -0.3 is 10.2 Å². The third-order valence-electron chi connectivity index (χ3n) is 5.70. The number of rotatable bonds is 4. The van der Waals surface area contributed by atoms with E-state index in [9.17, 15) is 9.59 Å². The lowest BCUT2D eigenvalue weighted by atomic mass is 10.1. The molecule has 6 nitrogen and oxygen atoms in total. The molecule has 33 heavy (non-hydrogen) atoms. The highest BCUT2D eigenvalue weighted by Gasteiger charge is 2.25. The minimum Gasteiger partial charge on any atom is -0.326 e. The first-order valence-electron chi connectivity index (χ1n) is 10.6. The number of nitrogens with one attached hydrogen (secondary N) is 1. The molecule has 0 radical (unpaired) electrons. The molecule has 1 aliphatic rings. The Labute approximate surface area is 196 Å². The minimum absolute atomic E-state index is 0.106. The van der Waals surface area contributed by atoms with E-state index in [0.29, 0.717) is 29.4 Å². The van der Waals surface area contributed by atoms with Crippen LogP contribution in [-0.4, -0.2) is 21.6 Å². The van der Waals surface area contributed by atoms with Crippen molar-refractivity contribution in [1.82, 2.24) is 9.78 Å². The second-order valence-electron chi connectivity index (χ2n) is 7.89. The molecule has 0 unspecified atom stereocenters. The molecule has 0 aliphatic carbocycles. The molecule has 2 amide bonds. The molecule has 0 spiro atoms. The molecule has 1 aliphatic heterocycles. The molecule has 1 aromatic heterocycles. The highest BCUT2D eigenvalue weighted by Crippen LogP contribution is 2.28. The predicted octanol–water partition coefficient (Wildman–Crippen LogP) is 4.93. The SMILES string of the molecule is O=C(Cc1ccccc1Cl)Nc1ccc(C(=O)N2Cc3ccnn3Cc3ccccc32)cc1. The second-order valence-corrected chi connectivity index (χ2v) is 8.30. The number of para-hydroxylation sites is 1. The van der Waals surface area contributed by atoms with Gasteiger partial charge in [0.2, 0.25) is 5.91 Å². The normalized spacial score (nSPS) is 12.5. The van der Waals surface area contributed by atoms with E-state index >= 15 is 0 Å². The van der Waals surface area contributed by atoms with Crippen LogP contribution in [0.3, 0.4) is 0 Å². The molecule has 4 aromatic rings. The maximum atomic E-state index is 13.5. The first-order chi connectivity index (χ1) is 16.1. The molecule has 3 aromatic carbocycles. The van der Waals surface area contributed by atoms with Crippen LogP contribution in [0.15, 0.2) is 85.1 Å². The number of halogens is 1. The van der Waals surface area contributed by atoms with E-state index in [1.54, 1.807) is 41.4 Å². The zero-order valence-corrected chi connectivity index (χ0v) is 18.5. The van der Waals surface area contributed by atoms with Crippen LogP contribution in [0.5, 0.6) is 0 Å². The summed E-state index contributed by atoms with van der Waals surface area (Å²) in [6.07, 6.45) is 1.94. The summed E-state index contributed by atoms with van der Waals surface area (Å²) in [7, 11) is 0. The van der Waals surface area contributed by atoms with Gasteiger partial charge in [-0.25, -0.2) is 0 Å². The predicted molar refractivity (Wildman–Crippen MR) is 129 cm³/mol. The highest BCUT2D eigenvalue weighted by atomic mass is 35.5. The van der Waals surface area contributed by atoms with Crippen LogP contribution in [0.1, 0.15) is 27.2 Å². The lowest BCUT2D eigenvalue weighted by Crippen LogP contribution is -2.30. The van der Waals surface area contributed by atoms with Crippen LogP contribution in [0.2, 0.25) is 5.02 Å². The molecule has 0 fully saturated rings. The fourth-order valence-corrected chi connectivity index (χ4v) is 4.21. The molecule has 0 atom stereocenters. The number of carbonyl (C=O) groups excluding carboxylic acids is 2. The molecule has 5 rings (SSSR count). The number of hydrogen-bond donors (Lipinski definition) is 1. The van der Waals surface area contributed by atoms with Gasteiger partial charge in [-0.05, 0) is 53.6 Å². The average Bonchev–Trinajstić information content (AvgIpc) is 3.19. The van der Waals surface area contributed by atoms with E-state index in [0.717, 1.165) is 22.5 Å². The molecular formula is C26H21ClN4O2. The Hall–Kier alpha value is -3.90. The van der Waals surface area contributed by atoms with E-state index < -0.39 is 0 Å². The van der Waals surface area contributed by atoms with Crippen LogP contribution in [0.25, 0.3) is 0 Å². The topological polar surface area (TPSA) is 67.2 Å². The Balaban J connectivity index is 1.33. The summed E-state index contributed by atoms with van der Waals surface area (Å²) >= 11 is 6.15. The lowest BCUT2D eigenvalue weighted by Gasteiger charge is -2.22. The van der Waals surface area contributed by atoms with Crippen LogP contribution < -0.4 is 10.2 Å². The smallest absolute Gasteiger partial charge is 0.258 e. The molecular weight excluding hydrogens is 436 g/mol. The first-order valence-corrected chi connectivity index (χ1v) is 11.0. The van der Waals surface area contributed by atoms with Gasteiger partial charge in [0, 0.05) is 28.2 Å². The number of aromatic nitrogens is 2. The standard InChI is InChI=1S/C26H21ClN4O2/c27-23-7-3-1-5-19(23)15-25(32)29-21-11-9-18(10-12-21)26(33)30-17-22-13-14-28-31(22)16-20-6-2-4-8-24(20)30/h1-14H,15-17H2,(H,29,32). The van der Waals surface area contributed by atoms with Gasteiger partial charge in [0.15, 0.2) is 0 Å². The summed E-state index contributed by atoms with van der Waals surface area (Å²) in [6, 6.07) is 24.0. The Bertz CT molecular complexity index is 1330. The van der Waals surface area contributed by atoms with E-state index in [2.05, 4.69) is 10.4 Å². The summed E-state index contributed by atoms with van der Waals surface area (Å²) in [6.45, 7) is 1.06. The largest absolute Gasteiger partial charge is 0.326 e. The first kappa shape index (κ1) is 21.0. The van der Waals surface area contributed by atoms with E-state index in [1.807, 2.05) is 53.2 Å². The maximum Gasteiger partial charge on any atom is 0.258 e. The van der Waals surface area contributed by atoms with Crippen molar-refractivity contribution < 1.29 is 9.59 Å². The summed E-state index contributed by atoms with van der Waals surface area (Å²) in [4.78, 5) is 27.6. The number of carbonyl (C=O) groups is 2. The monoisotopic (exact) mass is 456 g/mol. The van der Waals surface area contributed by atoms with Crippen molar-refractivity contribution in [3.05, 3.63) is 112 Å². The molecule has 0 bridgehead atoms. The van der Waals surface area contributed by atoms with E-state index in [4.69, 9.17) is 11.6 Å². The van der Waals surface area contributed by atoms with Gasteiger partial charge in [0.1, 0.15) is 0 Å². The van der Waals surface area contributed by atoms with Crippen molar-refractivity contribution >= 4 is 34.8 Å². The van der Waals surface area contributed by atoms with E-state index in [1.165, 1.54) is 0 Å². The van der Waals surface area contributed by atoms with Crippen molar-refractivity contribution in [2.45, 2.75) is 19.5 Å². The van der Waals surface area contributed by atoms with Gasteiger partial charge in [0.25, 0.3) is 5.91 Å². The number of amides is 2. The molecule has 7 heteroatoms. The van der Waals surface area contributed by atoms with Crippen molar-refractivity contribution in [3.63, 3.8) is 0 Å². The Morgan fingerprint density at radius 1 is 0.909 bits per heavy atom. The van der Waals surface area contributed by atoms with Gasteiger partial charge in [0.05, 0.1) is 25.2 Å². The van der Waals surface area contributed by atoms with Crippen molar-refractivity contribution in [3.8, 4) is 0 Å². The van der Waals surface area contributed by atoms with Crippen molar-refractivity contribution in [2.75, 3.05) is 10.2 Å². The van der Waals surface area contributed by atoms with Gasteiger partial charge in [-0.3, -0.25) is 14.3 Å². The number of anilines is 2. The Kier molecular flexibility index (Phi) is 5.67. The third kappa shape index (κ3) is 4.38. The number of benzene rings is 3. The van der Waals surface area contributed by atoms with Crippen molar-refractivity contribution in [2.24, 2.45) is 0 Å². The summed E-state index contributed by atoms with van der Waals surface area (Å²) in [5.74, 6) is -0.275. The fraction of sp³-hybridized carbons (Fsp3) is 0.115.